The van der Waals surface area contributed by atoms with Crippen LogP contribution >= 0.6 is 11.6 Å². The molecule has 1 atom stereocenters. The van der Waals surface area contributed by atoms with Crippen molar-refractivity contribution < 1.29 is 23.1 Å². The van der Waals surface area contributed by atoms with Crippen LogP contribution in [-0.2, 0) is 29.0 Å². The smallest absolute Gasteiger partial charge is 0.173 e. The highest BCUT2D eigenvalue weighted by molar-refractivity contribution is 7.78. The molecule has 2 fully saturated rings. The SMILES string of the molecule is Nc1noc(C2CC2)c1COc1ccc(C2(O)CN(c3cccc(CS(=O)O)c3)C2)c(Cl)c1. The van der Waals surface area contributed by atoms with Gasteiger partial charge in [-0.3, -0.25) is 0 Å². The average Bonchev–Trinajstić information content (AvgIpc) is 3.52. The minimum Gasteiger partial charge on any atom is -0.489 e. The highest BCUT2D eigenvalue weighted by atomic mass is 35.5. The fraction of sp³-hybridized carbons (Fsp3) is 0.348. The summed E-state index contributed by atoms with van der Waals surface area (Å²) in [7, 11) is 0. The maximum Gasteiger partial charge on any atom is 0.173 e. The van der Waals surface area contributed by atoms with Gasteiger partial charge in [0, 0.05) is 17.2 Å². The zero-order chi connectivity index (χ0) is 23.2. The molecule has 0 radical (unpaired) electrons. The topological polar surface area (TPSA) is 122 Å². The van der Waals surface area contributed by atoms with Crippen molar-refractivity contribution in [2.24, 2.45) is 0 Å². The summed E-state index contributed by atoms with van der Waals surface area (Å²) in [5, 5.41) is 15.4. The summed E-state index contributed by atoms with van der Waals surface area (Å²) in [6.07, 6.45) is 2.14. The van der Waals surface area contributed by atoms with E-state index in [1.54, 1.807) is 24.3 Å². The number of rotatable bonds is 8. The van der Waals surface area contributed by atoms with E-state index in [0.717, 1.165) is 35.4 Å². The number of anilines is 2. The molecule has 1 saturated carbocycles. The van der Waals surface area contributed by atoms with Crippen LogP contribution in [0, 0.1) is 0 Å². The van der Waals surface area contributed by atoms with Gasteiger partial charge in [-0.05, 0) is 42.7 Å². The van der Waals surface area contributed by atoms with Crippen molar-refractivity contribution in [3.8, 4) is 5.75 Å². The molecule has 10 heteroatoms. The molecule has 5 rings (SSSR count). The molecule has 2 aromatic carbocycles. The molecule has 1 aromatic heterocycles. The van der Waals surface area contributed by atoms with Gasteiger partial charge in [0.2, 0.25) is 0 Å². The number of β-amino-alcohol motifs (C(OH)–C–C–N with tert-alkyl or cyclic N) is 1. The summed E-state index contributed by atoms with van der Waals surface area (Å²) in [6.45, 7) is 0.963. The van der Waals surface area contributed by atoms with Crippen LogP contribution in [0.4, 0.5) is 11.5 Å². The lowest BCUT2D eigenvalue weighted by molar-refractivity contribution is 0.00760. The number of hydrogen-bond acceptors (Lipinski definition) is 7. The molecule has 8 nitrogen and oxygen atoms in total. The van der Waals surface area contributed by atoms with Crippen LogP contribution in [0.25, 0.3) is 0 Å². The maximum atomic E-state index is 11.1. The van der Waals surface area contributed by atoms with Gasteiger partial charge in [0.05, 0.1) is 29.4 Å². The first kappa shape index (κ1) is 22.2. The number of nitrogens with zero attached hydrogens (tertiary/aromatic N) is 2. The van der Waals surface area contributed by atoms with Crippen molar-refractivity contribution in [1.29, 1.82) is 0 Å². The third-order valence-electron chi connectivity index (χ3n) is 6.09. The van der Waals surface area contributed by atoms with Crippen LogP contribution < -0.4 is 15.4 Å². The molecule has 3 aromatic rings. The molecule has 0 amide bonds. The number of nitrogens with two attached hydrogens (primary N) is 1. The van der Waals surface area contributed by atoms with E-state index in [-0.39, 0.29) is 12.4 Å². The summed E-state index contributed by atoms with van der Waals surface area (Å²) in [6, 6.07) is 12.7. The average molecular weight is 490 g/mol. The Hall–Kier alpha value is -2.59. The first-order chi connectivity index (χ1) is 15.8. The van der Waals surface area contributed by atoms with Crippen molar-refractivity contribution in [2.75, 3.05) is 23.7 Å². The van der Waals surface area contributed by atoms with Crippen molar-refractivity contribution >= 4 is 34.2 Å². The second kappa shape index (κ2) is 8.64. The third kappa shape index (κ3) is 4.59. The van der Waals surface area contributed by atoms with Crippen molar-refractivity contribution in [3.63, 3.8) is 0 Å². The van der Waals surface area contributed by atoms with Crippen molar-refractivity contribution in [3.05, 3.63) is 69.9 Å². The van der Waals surface area contributed by atoms with Crippen LogP contribution in [0.1, 0.15) is 41.2 Å². The molecule has 33 heavy (non-hydrogen) atoms. The van der Waals surface area contributed by atoms with Gasteiger partial charge in [-0.15, -0.1) is 0 Å². The van der Waals surface area contributed by atoms with E-state index in [1.807, 2.05) is 23.1 Å². The predicted molar refractivity (Wildman–Crippen MR) is 126 cm³/mol. The van der Waals surface area contributed by atoms with Gasteiger partial charge in [0.25, 0.3) is 0 Å². The first-order valence-corrected chi connectivity index (χ1v) is 12.3. The standard InChI is InChI=1S/C23H24ClN3O5S/c24-20-9-17(31-10-18-21(15-4-5-15)32-26-22(18)25)6-7-19(20)23(28)12-27(13-23)16-3-1-2-14(8-16)11-33(29)30/h1-3,6-9,15,28H,4-5,10-13H2,(H2,25,26)(H,29,30). The molecular weight excluding hydrogens is 466 g/mol. The van der Waals surface area contributed by atoms with E-state index in [4.69, 9.17) is 31.1 Å². The highest BCUT2D eigenvalue weighted by Gasteiger charge is 2.44. The van der Waals surface area contributed by atoms with Crippen LogP contribution in [0.3, 0.4) is 0 Å². The minimum absolute atomic E-state index is 0.0713. The van der Waals surface area contributed by atoms with Crippen LogP contribution in [-0.4, -0.2) is 32.1 Å². The lowest BCUT2D eigenvalue weighted by atomic mass is 9.85. The number of halogens is 1. The summed E-state index contributed by atoms with van der Waals surface area (Å²) < 4.78 is 31.4. The number of benzene rings is 2. The van der Waals surface area contributed by atoms with E-state index in [1.165, 1.54) is 0 Å². The summed E-state index contributed by atoms with van der Waals surface area (Å²) in [4.78, 5) is 2.00. The Kier molecular flexibility index (Phi) is 5.82. The number of nitrogen functional groups attached to an aromatic ring is 1. The Balaban J connectivity index is 1.25. The third-order valence-corrected chi connectivity index (χ3v) is 6.99. The van der Waals surface area contributed by atoms with Gasteiger partial charge >= 0.3 is 0 Å². The first-order valence-electron chi connectivity index (χ1n) is 10.6. The van der Waals surface area contributed by atoms with Gasteiger partial charge in [0.1, 0.15) is 23.7 Å². The van der Waals surface area contributed by atoms with Crippen LogP contribution in [0.2, 0.25) is 5.02 Å². The van der Waals surface area contributed by atoms with Gasteiger partial charge in [-0.25, -0.2) is 4.21 Å². The lowest BCUT2D eigenvalue weighted by Crippen LogP contribution is -2.59. The molecule has 2 aliphatic rings. The maximum absolute atomic E-state index is 11.1. The summed E-state index contributed by atoms with van der Waals surface area (Å²) in [5.74, 6) is 2.16. The van der Waals surface area contributed by atoms with E-state index >= 15 is 0 Å². The predicted octanol–water partition coefficient (Wildman–Crippen LogP) is 3.80. The quantitative estimate of drug-likeness (QED) is 0.408. The molecule has 1 aliphatic heterocycles. The van der Waals surface area contributed by atoms with Gasteiger partial charge in [0.15, 0.2) is 16.9 Å². The van der Waals surface area contributed by atoms with Crippen molar-refractivity contribution in [2.45, 2.75) is 36.7 Å². The summed E-state index contributed by atoms with van der Waals surface area (Å²) in [5.41, 5.74) is 7.89. The molecule has 1 unspecified atom stereocenters. The summed E-state index contributed by atoms with van der Waals surface area (Å²) >= 11 is 4.61. The molecule has 2 heterocycles. The van der Waals surface area contributed by atoms with E-state index in [2.05, 4.69) is 5.16 Å². The van der Waals surface area contributed by atoms with Crippen LogP contribution in [0.5, 0.6) is 5.75 Å². The number of ether oxygens (including phenoxy) is 1. The Morgan fingerprint density at radius 2 is 2.06 bits per heavy atom. The number of aromatic nitrogens is 1. The zero-order valence-corrected chi connectivity index (χ0v) is 19.3. The lowest BCUT2D eigenvalue weighted by Gasteiger charge is -2.48. The number of hydrogen-bond donors (Lipinski definition) is 3. The fourth-order valence-electron chi connectivity index (χ4n) is 4.19. The van der Waals surface area contributed by atoms with E-state index in [9.17, 15) is 9.32 Å². The molecule has 0 bridgehead atoms. The van der Waals surface area contributed by atoms with Gasteiger partial charge in [-0.2, -0.15) is 0 Å². The molecule has 174 valence electrons. The Morgan fingerprint density at radius 1 is 1.27 bits per heavy atom. The van der Waals surface area contributed by atoms with Gasteiger partial charge < -0.3 is 29.6 Å². The van der Waals surface area contributed by atoms with Crippen molar-refractivity contribution in [1.82, 2.24) is 5.16 Å². The highest BCUT2D eigenvalue weighted by Crippen LogP contribution is 2.43. The molecule has 1 saturated heterocycles. The second-order valence-electron chi connectivity index (χ2n) is 8.64. The molecule has 4 N–H and O–H groups in total. The Labute approximate surface area is 198 Å². The second-order valence-corrected chi connectivity index (χ2v) is 9.98. The Bertz CT molecular complexity index is 1210. The monoisotopic (exact) mass is 489 g/mol. The van der Waals surface area contributed by atoms with E-state index in [0.29, 0.717) is 41.2 Å². The molecular formula is C23H24ClN3O5S. The normalized spacial score (nSPS) is 18.1. The van der Waals surface area contributed by atoms with Crippen LogP contribution in [0.15, 0.2) is 47.0 Å². The minimum atomic E-state index is -1.90. The Morgan fingerprint density at radius 3 is 2.76 bits per heavy atom. The van der Waals surface area contributed by atoms with E-state index < -0.39 is 16.7 Å². The zero-order valence-electron chi connectivity index (χ0n) is 17.7. The van der Waals surface area contributed by atoms with Gasteiger partial charge in [-0.1, -0.05) is 35.0 Å². The number of aliphatic hydroxyl groups is 1. The molecule has 1 aliphatic carbocycles. The largest absolute Gasteiger partial charge is 0.489 e. The molecule has 0 spiro atoms. The fourth-order valence-corrected chi connectivity index (χ4v) is 5.00.